The van der Waals surface area contributed by atoms with E-state index in [9.17, 15) is 13.8 Å². The first-order chi connectivity index (χ1) is 15.6. The number of carbonyl (C=O) groups excluding carboxylic acids is 2. The van der Waals surface area contributed by atoms with Crippen molar-refractivity contribution in [1.29, 1.82) is 0 Å². The largest absolute Gasteiger partial charge is 0.346 e. The third-order valence-corrected chi connectivity index (χ3v) is 7.18. The number of carbonyl (C=O) groups is 2. The van der Waals surface area contributed by atoms with Gasteiger partial charge in [0.15, 0.2) is 0 Å². The molecule has 2 aromatic heterocycles. The molecule has 1 saturated heterocycles. The fourth-order valence-corrected chi connectivity index (χ4v) is 4.90. The SMILES string of the molecule is O=C(Nc1cc(-c2ccc(CNC(=O)N3CCS(=O)CC3)cc2)c2cc[nH]c2n1)C1CC1. The number of H-pyrrole nitrogens is 1. The maximum Gasteiger partial charge on any atom is 0.317 e. The van der Waals surface area contributed by atoms with E-state index in [0.717, 1.165) is 40.6 Å². The minimum atomic E-state index is -0.802. The highest BCUT2D eigenvalue weighted by Gasteiger charge is 2.30. The molecule has 32 heavy (non-hydrogen) atoms. The van der Waals surface area contributed by atoms with Crippen LogP contribution in [0.5, 0.6) is 0 Å². The second kappa shape index (κ2) is 8.74. The standard InChI is InChI=1S/C23H25N5O3S/c29-22(17-5-6-17)27-20-13-19(18-7-8-24-21(18)26-20)16-3-1-15(2-4-16)14-25-23(30)28-9-11-32(31)12-10-28/h1-4,7-8,13,17H,5-6,9-12,14H2,(H,25,30)(H2,24,26,27,29). The van der Waals surface area contributed by atoms with Crippen LogP contribution in [0.2, 0.25) is 0 Å². The number of amides is 3. The summed E-state index contributed by atoms with van der Waals surface area (Å²) >= 11 is 0. The van der Waals surface area contributed by atoms with Crippen LogP contribution in [0.3, 0.4) is 0 Å². The van der Waals surface area contributed by atoms with Gasteiger partial charge in [0.1, 0.15) is 11.5 Å². The van der Waals surface area contributed by atoms with Crippen LogP contribution in [0.15, 0.2) is 42.6 Å². The number of hydrogen-bond donors (Lipinski definition) is 3. The molecule has 1 aliphatic carbocycles. The molecule has 0 bridgehead atoms. The average molecular weight is 452 g/mol. The minimum absolute atomic E-state index is 0.0281. The predicted octanol–water partition coefficient (Wildman–Crippen LogP) is 2.85. The summed E-state index contributed by atoms with van der Waals surface area (Å²) in [5.41, 5.74) is 3.71. The Morgan fingerprint density at radius 1 is 1.12 bits per heavy atom. The van der Waals surface area contributed by atoms with Gasteiger partial charge in [-0.2, -0.15) is 0 Å². The van der Waals surface area contributed by atoms with Crippen LogP contribution in [0.1, 0.15) is 18.4 Å². The lowest BCUT2D eigenvalue weighted by atomic mass is 10.0. The highest BCUT2D eigenvalue weighted by atomic mass is 32.2. The van der Waals surface area contributed by atoms with Crippen molar-refractivity contribution >= 4 is 39.6 Å². The van der Waals surface area contributed by atoms with Crippen LogP contribution >= 0.6 is 0 Å². The molecule has 1 aliphatic heterocycles. The van der Waals surface area contributed by atoms with Crippen molar-refractivity contribution < 1.29 is 13.8 Å². The number of rotatable bonds is 5. The van der Waals surface area contributed by atoms with E-state index < -0.39 is 10.8 Å². The van der Waals surface area contributed by atoms with Gasteiger partial charge in [-0.3, -0.25) is 9.00 Å². The van der Waals surface area contributed by atoms with E-state index in [4.69, 9.17) is 0 Å². The van der Waals surface area contributed by atoms with E-state index in [-0.39, 0.29) is 17.9 Å². The van der Waals surface area contributed by atoms with Crippen LogP contribution < -0.4 is 10.6 Å². The molecule has 3 aromatic rings. The Morgan fingerprint density at radius 3 is 2.59 bits per heavy atom. The number of pyridine rings is 1. The van der Waals surface area contributed by atoms with Gasteiger partial charge in [0.05, 0.1) is 0 Å². The summed E-state index contributed by atoms with van der Waals surface area (Å²) < 4.78 is 11.5. The van der Waals surface area contributed by atoms with E-state index in [1.807, 2.05) is 42.6 Å². The van der Waals surface area contributed by atoms with Crippen LogP contribution in [0.4, 0.5) is 10.6 Å². The second-order valence-electron chi connectivity index (χ2n) is 8.25. The molecule has 1 saturated carbocycles. The monoisotopic (exact) mass is 451 g/mol. The molecule has 166 valence electrons. The number of aromatic amines is 1. The summed E-state index contributed by atoms with van der Waals surface area (Å²) in [6, 6.07) is 11.8. The maximum absolute atomic E-state index is 12.3. The molecule has 0 unspecified atom stereocenters. The zero-order chi connectivity index (χ0) is 22.1. The number of nitrogens with zero attached hydrogens (tertiary/aromatic N) is 2. The van der Waals surface area contributed by atoms with Gasteiger partial charge in [0.25, 0.3) is 0 Å². The zero-order valence-corrected chi connectivity index (χ0v) is 18.4. The molecular weight excluding hydrogens is 426 g/mol. The van der Waals surface area contributed by atoms with E-state index in [1.165, 1.54) is 0 Å². The number of aromatic nitrogens is 2. The summed E-state index contributed by atoms with van der Waals surface area (Å²) in [4.78, 5) is 33.9. The third-order valence-electron chi connectivity index (χ3n) is 5.90. The smallest absolute Gasteiger partial charge is 0.317 e. The first-order valence-corrected chi connectivity index (χ1v) is 12.3. The molecule has 8 nitrogen and oxygen atoms in total. The topological polar surface area (TPSA) is 107 Å². The number of fused-ring (bicyclic) bond motifs is 1. The van der Waals surface area contributed by atoms with Crippen molar-refractivity contribution in [3.63, 3.8) is 0 Å². The number of anilines is 1. The first kappa shape index (κ1) is 20.7. The van der Waals surface area contributed by atoms with Crippen LogP contribution in [0, 0.1) is 5.92 Å². The van der Waals surface area contributed by atoms with Gasteiger partial charge < -0.3 is 20.5 Å². The highest BCUT2D eigenvalue weighted by molar-refractivity contribution is 7.85. The van der Waals surface area contributed by atoms with E-state index in [2.05, 4.69) is 20.6 Å². The van der Waals surface area contributed by atoms with Gasteiger partial charge in [0, 0.05) is 59.4 Å². The molecule has 0 spiro atoms. The molecule has 3 heterocycles. The summed E-state index contributed by atoms with van der Waals surface area (Å²) in [5, 5.41) is 6.86. The molecule has 1 aromatic carbocycles. The van der Waals surface area contributed by atoms with Gasteiger partial charge >= 0.3 is 6.03 Å². The first-order valence-electron chi connectivity index (χ1n) is 10.8. The fraction of sp³-hybridized carbons (Fsp3) is 0.348. The van der Waals surface area contributed by atoms with Crippen molar-refractivity contribution in [2.75, 3.05) is 29.9 Å². The molecule has 2 aliphatic rings. The van der Waals surface area contributed by atoms with Crippen molar-refractivity contribution in [1.82, 2.24) is 20.2 Å². The normalized spacial score (nSPS) is 16.8. The van der Waals surface area contributed by atoms with Gasteiger partial charge in [-0.25, -0.2) is 9.78 Å². The number of urea groups is 1. The summed E-state index contributed by atoms with van der Waals surface area (Å²) in [7, 11) is -0.802. The van der Waals surface area contributed by atoms with Crippen molar-refractivity contribution in [3.05, 3.63) is 48.2 Å². The molecule has 9 heteroatoms. The molecule has 2 fully saturated rings. The fourth-order valence-electron chi connectivity index (χ4n) is 3.85. The third kappa shape index (κ3) is 4.52. The zero-order valence-electron chi connectivity index (χ0n) is 17.6. The average Bonchev–Trinajstić information content (AvgIpc) is 3.56. The molecule has 5 rings (SSSR count). The lowest BCUT2D eigenvalue weighted by molar-refractivity contribution is -0.117. The predicted molar refractivity (Wildman–Crippen MR) is 125 cm³/mol. The number of nitrogens with one attached hydrogen (secondary N) is 3. The summed E-state index contributed by atoms with van der Waals surface area (Å²) in [6.07, 6.45) is 3.73. The summed E-state index contributed by atoms with van der Waals surface area (Å²) in [6.45, 7) is 1.49. The molecule has 0 atom stereocenters. The Morgan fingerprint density at radius 2 is 1.88 bits per heavy atom. The van der Waals surface area contributed by atoms with Crippen molar-refractivity contribution in [3.8, 4) is 11.1 Å². The lowest BCUT2D eigenvalue weighted by Gasteiger charge is -2.26. The molecule has 3 amide bonds. The number of benzene rings is 1. The van der Waals surface area contributed by atoms with Gasteiger partial charge in [-0.15, -0.1) is 0 Å². The highest BCUT2D eigenvalue weighted by Crippen LogP contribution is 2.33. The second-order valence-corrected chi connectivity index (χ2v) is 9.95. The van der Waals surface area contributed by atoms with Crippen LogP contribution in [0.25, 0.3) is 22.2 Å². The van der Waals surface area contributed by atoms with Crippen LogP contribution in [-0.2, 0) is 22.1 Å². The Bertz CT molecular complexity index is 1180. The summed E-state index contributed by atoms with van der Waals surface area (Å²) in [5.74, 6) is 1.78. The Balaban J connectivity index is 1.29. The molecular formula is C23H25N5O3S. The lowest BCUT2D eigenvalue weighted by Crippen LogP contribution is -2.46. The minimum Gasteiger partial charge on any atom is -0.346 e. The quantitative estimate of drug-likeness (QED) is 0.554. The van der Waals surface area contributed by atoms with E-state index >= 15 is 0 Å². The Hall–Kier alpha value is -3.20. The Kier molecular flexibility index (Phi) is 5.65. The van der Waals surface area contributed by atoms with E-state index in [1.54, 1.807) is 4.90 Å². The van der Waals surface area contributed by atoms with Gasteiger partial charge in [-0.05, 0) is 41.7 Å². The molecule has 3 N–H and O–H groups in total. The van der Waals surface area contributed by atoms with Gasteiger partial charge in [-0.1, -0.05) is 24.3 Å². The van der Waals surface area contributed by atoms with E-state index in [0.29, 0.717) is 37.0 Å². The van der Waals surface area contributed by atoms with Crippen LogP contribution in [-0.4, -0.2) is 55.6 Å². The van der Waals surface area contributed by atoms with Gasteiger partial charge in [0.2, 0.25) is 5.91 Å². The molecule has 0 radical (unpaired) electrons. The van der Waals surface area contributed by atoms with Crippen molar-refractivity contribution in [2.45, 2.75) is 19.4 Å². The Labute approximate surface area is 188 Å². The maximum atomic E-state index is 12.3. The number of hydrogen-bond acceptors (Lipinski definition) is 4. The van der Waals surface area contributed by atoms with Crippen molar-refractivity contribution in [2.24, 2.45) is 5.92 Å².